The third-order valence-electron chi connectivity index (χ3n) is 3.12. The minimum atomic E-state index is 0. The van der Waals surface area contributed by atoms with Crippen LogP contribution in [0.15, 0.2) is 30.3 Å². The van der Waals surface area contributed by atoms with Crippen molar-refractivity contribution in [2.24, 2.45) is 0 Å². The predicted octanol–water partition coefficient (Wildman–Crippen LogP) is -0.506. The summed E-state index contributed by atoms with van der Waals surface area (Å²) < 4.78 is 0. The Bertz CT molecular complexity index is 365. The summed E-state index contributed by atoms with van der Waals surface area (Å²) in [6.07, 6.45) is 0. The molecule has 19 heavy (non-hydrogen) atoms. The van der Waals surface area contributed by atoms with Crippen LogP contribution < -0.4 is 5.32 Å². The number of carbonyl (C=O) groups excluding carboxylic acids is 1. The Morgan fingerprint density at radius 1 is 1.11 bits per heavy atom. The molecule has 2 rings (SSSR count). The number of piperazine rings is 1. The lowest BCUT2D eigenvalue weighted by Crippen LogP contribution is -2.50. The first-order valence-electron chi connectivity index (χ1n) is 6.02. The Morgan fingerprint density at radius 2 is 1.68 bits per heavy atom. The quantitative estimate of drug-likeness (QED) is 0.782. The van der Waals surface area contributed by atoms with Gasteiger partial charge in [-0.2, -0.15) is 0 Å². The summed E-state index contributed by atoms with van der Waals surface area (Å²) in [5, 5.41) is 2.67. The van der Waals surface area contributed by atoms with Gasteiger partial charge in [0, 0.05) is 39.8 Å². The van der Waals surface area contributed by atoms with E-state index in [2.05, 4.69) is 34.5 Å². The lowest BCUT2D eigenvalue weighted by atomic mass is 10.2. The summed E-state index contributed by atoms with van der Waals surface area (Å²) in [6, 6.07) is 10.5. The van der Waals surface area contributed by atoms with Crippen molar-refractivity contribution < 1.29 is 15.7 Å². The van der Waals surface area contributed by atoms with Crippen molar-refractivity contribution in [1.29, 1.82) is 0 Å². The average Bonchev–Trinajstić information content (AvgIpc) is 2.40. The Balaban J connectivity index is 0.00000162. The molecule has 1 saturated heterocycles. The Kier molecular flexibility index (Phi) is 7.74. The summed E-state index contributed by atoms with van der Waals surface area (Å²) >= 11 is 0. The first kappa shape index (κ1) is 17.4. The van der Waals surface area contributed by atoms with Crippen molar-refractivity contribution >= 4 is 6.03 Å². The van der Waals surface area contributed by atoms with Gasteiger partial charge in [-0.25, -0.2) is 4.79 Å². The first-order valence-corrected chi connectivity index (χ1v) is 6.02. The molecule has 6 heteroatoms. The molecule has 0 aromatic heterocycles. The fraction of sp³-hybridized carbons (Fsp3) is 0.462. The molecule has 1 aromatic carbocycles. The standard InChI is InChI=1S/C13H19N3O.2H2O/c1-14-13(17)16-9-7-15(8-10-16)11-12-5-3-2-4-6-12;;/h2-6H,7-11H2,1H3,(H,14,17);2*1H2. The molecule has 1 heterocycles. The number of nitrogens with zero attached hydrogens (tertiary/aromatic N) is 2. The van der Waals surface area contributed by atoms with Crippen LogP contribution in [0.1, 0.15) is 5.56 Å². The van der Waals surface area contributed by atoms with Gasteiger partial charge in [-0.1, -0.05) is 30.3 Å². The predicted molar refractivity (Wildman–Crippen MR) is 75.0 cm³/mol. The SMILES string of the molecule is CNC(=O)N1CCN(Cc2ccccc2)CC1.O.O. The highest BCUT2D eigenvalue weighted by molar-refractivity contribution is 5.73. The van der Waals surface area contributed by atoms with E-state index >= 15 is 0 Å². The number of benzene rings is 1. The molecule has 5 N–H and O–H groups in total. The second-order valence-electron chi connectivity index (χ2n) is 4.30. The summed E-state index contributed by atoms with van der Waals surface area (Å²) in [7, 11) is 1.68. The van der Waals surface area contributed by atoms with E-state index in [0.29, 0.717) is 0 Å². The van der Waals surface area contributed by atoms with Crippen LogP contribution in [0.2, 0.25) is 0 Å². The summed E-state index contributed by atoms with van der Waals surface area (Å²) in [4.78, 5) is 15.7. The molecule has 1 fully saturated rings. The number of amides is 2. The van der Waals surface area contributed by atoms with Crippen molar-refractivity contribution in [3.63, 3.8) is 0 Å². The molecule has 6 nitrogen and oxygen atoms in total. The molecule has 0 unspecified atom stereocenters. The van der Waals surface area contributed by atoms with Gasteiger partial charge in [0.15, 0.2) is 0 Å². The second-order valence-corrected chi connectivity index (χ2v) is 4.30. The van der Waals surface area contributed by atoms with E-state index < -0.39 is 0 Å². The first-order chi connectivity index (χ1) is 8.29. The Morgan fingerprint density at radius 3 is 2.21 bits per heavy atom. The molecule has 0 radical (unpaired) electrons. The van der Waals surface area contributed by atoms with Gasteiger partial charge in [0.05, 0.1) is 0 Å². The molecule has 0 bridgehead atoms. The molecule has 2 amide bonds. The maximum Gasteiger partial charge on any atom is 0.317 e. The van der Waals surface area contributed by atoms with Gasteiger partial charge >= 0.3 is 6.03 Å². The molecule has 1 aliphatic rings. The van der Waals surface area contributed by atoms with Gasteiger partial charge in [-0.05, 0) is 5.56 Å². The zero-order chi connectivity index (χ0) is 12.1. The number of rotatable bonds is 2. The highest BCUT2D eigenvalue weighted by Crippen LogP contribution is 2.08. The van der Waals surface area contributed by atoms with Crippen LogP contribution in [0.4, 0.5) is 4.79 Å². The smallest absolute Gasteiger partial charge is 0.317 e. The van der Waals surface area contributed by atoms with Gasteiger partial charge < -0.3 is 21.2 Å². The Hall–Kier alpha value is -1.63. The molecular weight excluding hydrogens is 246 g/mol. The van der Waals surface area contributed by atoms with Crippen LogP contribution in [-0.4, -0.2) is 60.0 Å². The average molecular weight is 269 g/mol. The minimum absolute atomic E-state index is 0. The van der Waals surface area contributed by atoms with Gasteiger partial charge in [0.25, 0.3) is 0 Å². The zero-order valence-electron chi connectivity index (χ0n) is 11.2. The van der Waals surface area contributed by atoms with Crippen molar-refractivity contribution in [2.45, 2.75) is 6.54 Å². The van der Waals surface area contributed by atoms with Crippen LogP contribution in [-0.2, 0) is 6.54 Å². The second kappa shape index (κ2) is 8.47. The molecule has 108 valence electrons. The van der Waals surface area contributed by atoms with Gasteiger partial charge in [0.1, 0.15) is 0 Å². The van der Waals surface area contributed by atoms with Crippen molar-refractivity contribution in [1.82, 2.24) is 15.1 Å². The molecule has 0 spiro atoms. The third-order valence-corrected chi connectivity index (χ3v) is 3.12. The van der Waals surface area contributed by atoms with Gasteiger partial charge in [0.2, 0.25) is 0 Å². The molecule has 0 aliphatic carbocycles. The fourth-order valence-electron chi connectivity index (χ4n) is 2.11. The third kappa shape index (κ3) is 4.86. The number of hydrogen-bond acceptors (Lipinski definition) is 2. The molecular formula is C13H23N3O3. The Labute approximate surface area is 113 Å². The number of carbonyl (C=O) groups is 1. The van der Waals surface area contributed by atoms with Crippen LogP contribution in [0.3, 0.4) is 0 Å². The van der Waals surface area contributed by atoms with E-state index in [4.69, 9.17) is 0 Å². The van der Waals surface area contributed by atoms with E-state index in [1.165, 1.54) is 5.56 Å². The van der Waals surface area contributed by atoms with E-state index in [1.54, 1.807) is 7.05 Å². The minimum Gasteiger partial charge on any atom is -0.412 e. The largest absolute Gasteiger partial charge is 0.412 e. The van der Waals surface area contributed by atoms with Crippen LogP contribution >= 0.6 is 0 Å². The van der Waals surface area contributed by atoms with Crippen LogP contribution in [0.5, 0.6) is 0 Å². The molecule has 0 atom stereocenters. The van der Waals surface area contributed by atoms with Gasteiger partial charge in [-0.3, -0.25) is 4.90 Å². The van der Waals surface area contributed by atoms with Crippen molar-refractivity contribution in [3.05, 3.63) is 35.9 Å². The highest BCUT2D eigenvalue weighted by atomic mass is 16.2. The summed E-state index contributed by atoms with van der Waals surface area (Å²) in [6.45, 7) is 4.49. The summed E-state index contributed by atoms with van der Waals surface area (Å²) in [5.41, 5.74) is 1.33. The number of hydrogen-bond donors (Lipinski definition) is 1. The van der Waals surface area contributed by atoms with E-state index in [-0.39, 0.29) is 17.0 Å². The van der Waals surface area contributed by atoms with E-state index in [0.717, 1.165) is 32.7 Å². The lowest BCUT2D eigenvalue weighted by molar-refractivity contribution is 0.136. The van der Waals surface area contributed by atoms with Gasteiger partial charge in [-0.15, -0.1) is 0 Å². The lowest BCUT2D eigenvalue weighted by Gasteiger charge is -2.34. The normalized spacial score (nSPS) is 15.1. The van der Waals surface area contributed by atoms with Crippen LogP contribution in [0.25, 0.3) is 0 Å². The van der Waals surface area contributed by atoms with Crippen molar-refractivity contribution in [3.8, 4) is 0 Å². The topological polar surface area (TPSA) is 98.6 Å². The fourth-order valence-corrected chi connectivity index (χ4v) is 2.11. The highest BCUT2D eigenvalue weighted by Gasteiger charge is 2.19. The monoisotopic (exact) mass is 269 g/mol. The van der Waals surface area contributed by atoms with Crippen molar-refractivity contribution in [2.75, 3.05) is 33.2 Å². The maximum atomic E-state index is 11.4. The summed E-state index contributed by atoms with van der Waals surface area (Å²) in [5.74, 6) is 0. The van der Waals surface area contributed by atoms with E-state index in [1.807, 2.05) is 11.0 Å². The maximum absolute atomic E-state index is 11.4. The zero-order valence-corrected chi connectivity index (χ0v) is 11.2. The number of urea groups is 1. The molecule has 0 saturated carbocycles. The number of nitrogens with one attached hydrogen (secondary N) is 1. The molecule has 1 aromatic rings. The van der Waals surface area contributed by atoms with Crippen LogP contribution in [0, 0.1) is 0 Å². The van der Waals surface area contributed by atoms with E-state index in [9.17, 15) is 4.79 Å². The molecule has 1 aliphatic heterocycles.